The Balaban J connectivity index is 1.51. The lowest BCUT2D eigenvalue weighted by molar-refractivity contribution is 0.0452. The molecule has 0 aromatic heterocycles. The lowest BCUT2D eigenvalue weighted by atomic mass is 9.50. The molecule has 4 aliphatic carbocycles. The van der Waals surface area contributed by atoms with Crippen molar-refractivity contribution >= 4 is 0 Å². The lowest BCUT2D eigenvalue weighted by Gasteiger charge is -2.54. The summed E-state index contributed by atoms with van der Waals surface area (Å²) in [5, 5.41) is 20.1. The molecule has 156 valence electrons. The minimum Gasteiger partial charge on any atom is -0.393 e. The SMILES string of the molecule is CC(C)(O)C/C=C/C[C@H]1CC[C@H]2C3=CC=C4C[C@@H](O)CC[C@]4(C)[C@H]3CC[C@]12C. The van der Waals surface area contributed by atoms with Crippen LogP contribution < -0.4 is 0 Å². The second-order valence-electron chi connectivity index (χ2n) is 11.3. The quantitative estimate of drug-likeness (QED) is 0.588. The van der Waals surface area contributed by atoms with E-state index in [4.69, 9.17) is 0 Å². The summed E-state index contributed by atoms with van der Waals surface area (Å²) in [7, 11) is 0. The molecule has 0 saturated heterocycles. The summed E-state index contributed by atoms with van der Waals surface area (Å²) in [5.74, 6) is 2.20. The third-order valence-electron chi connectivity index (χ3n) is 8.95. The molecular formula is C26H40O2. The van der Waals surface area contributed by atoms with Crippen LogP contribution in [0.5, 0.6) is 0 Å². The highest BCUT2D eigenvalue weighted by Gasteiger charge is 2.55. The number of fused-ring (bicyclic) bond motifs is 5. The van der Waals surface area contributed by atoms with E-state index in [0.717, 1.165) is 43.9 Å². The summed E-state index contributed by atoms with van der Waals surface area (Å²) in [5.41, 5.74) is 3.36. The Bertz CT molecular complexity index is 694. The Hall–Kier alpha value is -0.860. The molecule has 0 aromatic rings. The van der Waals surface area contributed by atoms with Crippen LogP contribution in [0.2, 0.25) is 0 Å². The lowest BCUT2D eigenvalue weighted by Crippen LogP contribution is -2.45. The molecule has 0 aromatic carbocycles. The fourth-order valence-electron chi connectivity index (χ4n) is 7.11. The second-order valence-corrected chi connectivity index (χ2v) is 11.3. The topological polar surface area (TPSA) is 40.5 Å². The van der Waals surface area contributed by atoms with Gasteiger partial charge in [0.15, 0.2) is 0 Å². The molecule has 2 heteroatoms. The normalized spacial score (nSPS) is 43.2. The molecule has 3 saturated carbocycles. The van der Waals surface area contributed by atoms with Crippen molar-refractivity contribution in [3.63, 3.8) is 0 Å². The minimum atomic E-state index is -0.601. The number of hydrogen-bond acceptors (Lipinski definition) is 2. The molecule has 0 heterocycles. The third kappa shape index (κ3) is 3.45. The zero-order valence-electron chi connectivity index (χ0n) is 18.4. The molecule has 4 rings (SSSR count). The first-order chi connectivity index (χ1) is 13.1. The van der Waals surface area contributed by atoms with Crippen molar-refractivity contribution in [3.8, 4) is 0 Å². The number of hydrogen-bond donors (Lipinski definition) is 2. The Morgan fingerprint density at radius 2 is 1.82 bits per heavy atom. The van der Waals surface area contributed by atoms with Crippen LogP contribution in [0.4, 0.5) is 0 Å². The van der Waals surface area contributed by atoms with Crippen LogP contribution >= 0.6 is 0 Å². The first kappa shape index (κ1) is 20.4. The number of aliphatic hydroxyl groups is 2. The van der Waals surface area contributed by atoms with Crippen LogP contribution in [0.3, 0.4) is 0 Å². The summed E-state index contributed by atoms with van der Waals surface area (Å²) < 4.78 is 0. The molecule has 6 atom stereocenters. The zero-order chi connectivity index (χ0) is 20.2. The van der Waals surface area contributed by atoms with Gasteiger partial charge in [-0.15, -0.1) is 0 Å². The van der Waals surface area contributed by atoms with Crippen molar-refractivity contribution < 1.29 is 10.2 Å². The Morgan fingerprint density at radius 1 is 1.04 bits per heavy atom. The summed E-state index contributed by atoms with van der Waals surface area (Å²) in [6.07, 6.45) is 19.5. The smallest absolute Gasteiger partial charge is 0.0626 e. The summed E-state index contributed by atoms with van der Waals surface area (Å²) in [6.45, 7) is 8.81. The molecule has 4 aliphatic rings. The van der Waals surface area contributed by atoms with Crippen LogP contribution in [-0.2, 0) is 0 Å². The van der Waals surface area contributed by atoms with Crippen molar-refractivity contribution in [2.24, 2.45) is 28.6 Å². The van der Waals surface area contributed by atoms with E-state index < -0.39 is 5.60 Å². The molecular weight excluding hydrogens is 344 g/mol. The van der Waals surface area contributed by atoms with E-state index in [0.29, 0.717) is 11.3 Å². The second kappa shape index (κ2) is 7.13. The van der Waals surface area contributed by atoms with Gasteiger partial charge in [0.1, 0.15) is 0 Å². The third-order valence-corrected chi connectivity index (χ3v) is 8.95. The molecule has 0 aliphatic heterocycles. The Kier molecular flexibility index (Phi) is 5.20. The molecule has 0 unspecified atom stereocenters. The van der Waals surface area contributed by atoms with Gasteiger partial charge in [0, 0.05) is 0 Å². The standard InChI is InChI=1S/C26H40O2/c1-24(2,28)14-6-5-7-18-9-11-22-21-10-8-19-17-20(27)12-15-26(19,4)23(21)13-16-25(18,22)3/h5-6,8,10,18,20,22-23,27-28H,7,9,11-17H2,1-4H3/b6-5+/t18-,20-,22-,23-,25+,26-/m0/s1. The van der Waals surface area contributed by atoms with Crippen molar-refractivity contribution in [3.05, 3.63) is 35.5 Å². The Morgan fingerprint density at radius 3 is 2.57 bits per heavy atom. The maximum Gasteiger partial charge on any atom is 0.0626 e. The number of aliphatic hydroxyl groups excluding tert-OH is 1. The van der Waals surface area contributed by atoms with Crippen molar-refractivity contribution in [1.82, 2.24) is 0 Å². The van der Waals surface area contributed by atoms with E-state index in [1.807, 2.05) is 13.8 Å². The first-order valence-electron chi connectivity index (χ1n) is 11.6. The minimum absolute atomic E-state index is 0.130. The van der Waals surface area contributed by atoms with Gasteiger partial charge in [-0.2, -0.15) is 0 Å². The molecule has 2 nitrogen and oxygen atoms in total. The predicted molar refractivity (Wildman–Crippen MR) is 116 cm³/mol. The van der Waals surface area contributed by atoms with E-state index in [1.165, 1.54) is 31.3 Å². The van der Waals surface area contributed by atoms with Gasteiger partial charge in [0.2, 0.25) is 0 Å². The van der Waals surface area contributed by atoms with E-state index in [-0.39, 0.29) is 11.5 Å². The maximum atomic E-state index is 10.2. The molecule has 0 spiro atoms. The highest BCUT2D eigenvalue weighted by atomic mass is 16.3. The summed E-state index contributed by atoms with van der Waals surface area (Å²) >= 11 is 0. The zero-order valence-corrected chi connectivity index (χ0v) is 18.4. The van der Waals surface area contributed by atoms with Crippen molar-refractivity contribution in [2.75, 3.05) is 0 Å². The van der Waals surface area contributed by atoms with E-state index in [2.05, 4.69) is 38.2 Å². The van der Waals surface area contributed by atoms with E-state index in [1.54, 1.807) is 5.57 Å². The molecule has 0 amide bonds. The van der Waals surface area contributed by atoms with Crippen LogP contribution in [0.15, 0.2) is 35.5 Å². The van der Waals surface area contributed by atoms with Gasteiger partial charge in [-0.25, -0.2) is 0 Å². The molecule has 0 bridgehead atoms. The molecule has 28 heavy (non-hydrogen) atoms. The first-order valence-corrected chi connectivity index (χ1v) is 11.6. The van der Waals surface area contributed by atoms with Crippen LogP contribution in [0.1, 0.15) is 85.5 Å². The molecule has 0 radical (unpaired) electrons. The van der Waals surface area contributed by atoms with Gasteiger partial charge >= 0.3 is 0 Å². The van der Waals surface area contributed by atoms with Gasteiger partial charge in [-0.1, -0.05) is 49.3 Å². The fourth-order valence-corrected chi connectivity index (χ4v) is 7.11. The van der Waals surface area contributed by atoms with E-state index in [9.17, 15) is 10.2 Å². The highest BCUT2D eigenvalue weighted by molar-refractivity contribution is 5.38. The van der Waals surface area contributed by atoms with Gasteiger partial charge in [-0.05, 0) is 100 Å². The molecule has 2 N–H and O–H groups in total. The van der Waals surface area contributed by atoms with Gasteiger partial charge in [0.25, 0.3) is 0 Å². The van der Waals surface area contributed by atoms with Crippen molar-refractivity contribution in [1.29, 1.82) is 0 Å². The van der Waals surface area contributed by atoms with Crippen LogP contribution in [0, 0.1) is 28.6 Å². The predicted octanol–water partition coefficient (Wildman–Crippen LogP) is 5.95. The average molecular weight is 385 g/mol. The Labute approximate surface area is 171 Å². The summed E-state index contributed by atoms with van der Waals surface area (Å²) in [4.78, 5) is 0. The summed E-state index contributed by atoms with van der Waals surface area (Å²) in [6, 6.07) is 0. The van der Waals surface area contributed by atoms with Crippen LogP contribution in [0.25, 0.3) is 0 Å². The largest absolute Gasteiger partial charge is 0.393 e. The fraction of sp³-hybridized carbons (Fsp3) is 0.769. The van der Waals surface area contributed by atoms with Gasteiger partial charge in [-0.3, -0.25) is 0 Å². The van der Waals surface area contributed by atoms with E-state index >= 15 is 0 Å². The maximum absolute atomic E-state index is 10.2. The van der Waals surface area contributed by atoms with Crippen molar-refractivity contribution in [2.45, 2.75) is 97.2 Å². The van der Waals surface area contributed by atoms with Gasteiger partial charge < -0.3 is 10.2 Å². The highest BCUT2D eigenvalue weighted by Crippen LogP contribution is 2.65. The van der Waals surface area contributed by atoms with Gasteiger partial charge in [0.05, 0.1) is 11.7 Å². The molecule has 3 fully saturated rings. The monoisotopic (exact) mass is 384 g/mol. The number of rotatable bonds is 4. The van der Waals surface area contributed by atoms with Crippen LogP contribution in [-0.4, -0.2) is 21.9 Å². The average Bonchev–Trinajstić information content (AvgIpc) is 2.95. The number of allylic oxidation sites excluding steroid dienone is 4.